The lowest BCUT2D eigenvalue weighted by atomic mass is 9.93. The second kappa shape index (κ2) is 28.7. The third-order valence-corrected chi connectivity index (χ3v) is 11.3. The van der Waals surface area contributed by atoms with Crippen LogP contribution in [0.2, 0.25) is 0 Å². The van der Waals surface area contributed by atoms with Gasteiger partial charge in [-0.3, -0.25) is 10.2 Å². The van der Waals surface area contributed by atoms with Crippen molar-refractivity contribution < 1.29 is 89.7 Å². The molecule has 4 aliphatic heterocycles. The lowest BCUT2D eigenvalue weighted by molar-refractivity contribution is -0.205. The van der Waals surface area contributed by atoms with Crippen LogP contribution in [-0.4, -0.2) is 218 Å². The SMILES string of the molecule is [B][C@@H]1O[C@H](COC)[C@H](OP(C)(=O)[O-])C1OCCCO.[B][C@H]1C[C@@H](NP(C)(=O)[O-])[C@@H](COC)O1.[B][C@H]1C[C@@H](NP(C)(=O)[O-])[C@@H](COC)O1.[B][C@H]1C[C@@H](OP([BH3-])(C)=O)[C@@H](COC)O1. The van der Waals surface area contributed by atoms with E-state index >= 15 is 0 Å². The minimum Gasteiger partial charge on any atom is -0.788 e. The van der Waals surface area contributed by atoms with Crippen LogP contribution in [-0.2, 0) is 69.9 Å². The molecule has 0 amide bonds. The van der Waals surface area contributed by atoms with Crippen LogP contribution in [0.25, 0.3) is 0 Å². The van der Waals surface area contributed by atoms with Crippen LogP contribution >= 0.6 is 29.9 Å². The van der Waals surface area contributed by atoms with Crippen molar-refractivity contribution in [2.45, 2.75) is 105 Å². The number of nitrogens with one attached hydrogen (secondary N) is 2. The van der Waals surface area contributed by atoms with Crippen molar-refractivity contribution in [2.75, 3.05) is 94.7 Å². The molecule has 8 radical (unpaired) electrons. The van der Waals surface area contributed by atoms with Crippen LogP contribution in [0.5, 0.6) is 0 Å². The summed E-state index contributed by atoms with van der Waals surface area (Å²) < 4.78 is 102. The highest BCUT2D eigenvalue weighted by atomic mass is 31.2. The van der Waals surface area contributed by atoms with Gasteiger partial charge < -0.3 is 89.7 Å². The maximum Gasteiger partial charge on any atom is 0.132 e. The zero-order valence-corrected chi connectivity index (χ0v) is 39.0. The first-order chi connectivity index (χ1) is 28.1. The molecule has 0 bridgehead atoms. The van der Waals surface area contributed by atoms with Crippen LogP contribution in [0.1, 0.15) is 25.7 Å². The zero-order chi connectivity index (χ0) is 46.8. The van der Waals surface area contributed by atoms with E-state index in [9.17, 15) is 32.9 Å². The molecule has 30 heteroatoms. The molecule has 0 aromatic rings. The van der Waals surface area contributed by atoms with Crippen LogP contribution in [0, 0.1) is 0 Å². The van der Waals surface area contributed by atoms with E-state index in [-0.39, 0.29) is 69.9 Å². The van der Waals surface area contributed by atoms with Gasteiger partial charge in [0.25, 0.3) is 0 Å². The summed E-state index contributed by atoms with van der Waals surface area (Å²) in [6.07, 6.45) is -1.09. The average Bonchev–Trinajstić information content (AvgIpc) is 3.80. The van der Waals surface area contributed by atoms with Gasteiger partial charge >= 0.3 is 0 Å². The summed E-state index contributed by atoms with van der Waals surface area (Å²) in [5.41, 5.74) is 0. The van der Waals surface area contributed by atoms with Crippen LogP contribution in [0.4, 0.5) is 0 Å². The summed E-state index contributed by atoms with van der Waals surface area (Å²) in [6, 6.07) is -2.50. The van der Waals surface area contributed by atoms with E-state index in [1.54, 1.807) is 13.8 Å². The van der Waals surface area contributed by atoms with Gasteiger partial charge in [0.15, 0.2) is 0 Å². The van der Waals surface area contributed by atoms with Crippen molar-refractivity contribution in [2.24, 2.45) is 0 Å². The fourth-order valence-corrected chi connectivity index (χ4v) is 9.35. The molecule has 4 rings (SSSR count). The summed E-state index contributed by atoms with van der Waals surface area (Å²) in [5, 5.41) is 13.7. The number of methoxy groups -OCH3 is 4. The van der Waals surface area contributed by atoms with E-state index in [1.165, 1.54) is 21.3 Å². The molecule has 4 aliphatic rings. The zero-order valence-electron chi connectivity index (χ0n) is 35.5. The first kappa shape index (κ1) is 59.6. The van der Waals surface area contributed by atoms with E-state index in [0.29, 0.717) is 45.5 Å². The summed E-state index contributed by atoms with van der Waals surface area (Å²) in [7, 11) is 15.2. The fourth-order valence-electron chi connectivity index (χ4n) is 6.30. The Labute approximate surface area is 367 Å². The van der Waals surface area contributed by atoms with Gasteiger partial charge in [-0.25, -0.2) is 0 Å². The molecule has 4 fully saturated rings. The van der Waals surface area contributed by atoms with Crippen molar-refractivity contribution >= 4 is 68.8 Å². The Morgan fingerprint density at radius 3 is 1.44 bits per heavy atom. The quantitative estimate of drug-likeness (QED) is 0.0606. The van der Waals surface area contributed by atoms with E-state index in [0.717, 1.165) is 20.0 Å². The highest BCUT2D eigenvalue weighted by Gasteiger charge is 2.45. The van der Waals surface area contributed by atoms with Gasteiger partial charge in [0.1, 0.15) is 63.4 Å². The average molecular weight is 946 g/mol. The van der Waals surface area contributed by atoms with Crippen molar-refractivity contribution in [1.82, 2.24) is 10.2 Å². The molecule has 3 N–H and O–H groups in total. The Bertz CT molecular complexity index is 1300. The number of aliphatic hydroxyl groups is 1. The maximum absolute atomic E-state index is 11.6. The Morgan fingerprint density at radius 1 is 0.639 bits per heavy atom. The normalized spacial score (nSPS) is 36.1. The van der Waals surface area contributed by atoms with Crippen LogP contribution in [0.3, 0.4) is 0 Å². The van der Waals surface area contributed by atoms with Gasteiger partial charge in [0.2, 0.25) is 0 Å². The third-order valence-electron chi connectivity index (χ3n) is 8.48. The molecule has 21 nitrogen and oxygen atoms in total. The lowest BCUT2D eigenvalue weighted by Gasteiger charge is -2.29. The Kier molecular flexibility index (Phi) is 28.0. The maximum atomic E-state index is 11.6. The number of hydrogen-bond donors (Lipinski definition) is 3. The lowest BCUT2D eigenvalue weighted by Crippen LogP contribution is -2.39. The molecular weight excluding hydrogens is 882 g/mol. The van der Waals surface area contributed by atoms with Crippen LogP contribution in [0.15, 0.2) is 0 Å². The minimum atomic E-state index is -3.95. The second-order valence-electron chi connectivity index (χ2n) is 14.3. The molecule has 0 saturated carbocycles. The molecule has 0 aliphatic carbocycles. The van der Waals surface area contributed by atoms with Gasteiger partial charge in [-0.15, -0.1) is 0 Å². The Hall–Kier alpha value is 0.565. The molecule has 0 spiro atoms. The molecule has 61 heavy (non-hydrogen) atoms. The Balaban J connectivity index is 0.000000411. The smallest absolute Gasteiger partial charge is 0.132 e. The van der Waals surface area contributed by atoms with E-state index in [1.807, 2.05) is 0 Å². The topological polar surface area (TPSA) is 283 Å². The largest absolute Gasteiger partial charge is 0.788 e. The molecular formula is C31H63B5N2O19P4-4. The van der Waals surface area contributed by atoms with Crippen molar-refractivity contribution in [1.29, 1.82) is 0 Å². The van der Waals surface area contributed by atoms with Crippen molar-refractivity contribution in [3.05, 3.63) is 0 Å². The second-order valence-corrected chi connectivity index (χ2v) is 21.1. The summed E-state index contributed by atoms with van der Waals surface area (Å²) >= 11 is 0. The van der Waals surface area contributed by atoms with Crippen molar-refractivity contribution in [3.8, 4) is 0 Å². The molecule has 0 aromatic carbocycles. The number of rotatable bonds is 20. The number of hydrogen-bond acceptors (Lipinski definition) is 19. The highest BCUT2D eigenvalue weighted by Crippen LogP contribution is 2.42. The van der Waals surface area contributed by atoms with Gasteiger partial charge in [0.05, 0.1) is 67.3 Å². The molecule has 4 heterocycles. The summed E-state index contributed by atoms with van der Waals surface area (Å²) in [6.45, 7) is 6.44. The van der Waals surface area contributed by atoms with Gasteiger partial charge in [-0.2, -0.15) is 0 Å². The van der Waals surface area contributed by atoms with Gasteiger partial charge in [-0.1, -0.05) is 0 Å². The third kappa shape index (κ3) is 25.9. The predicted molar refractivity (Wildman–Crippen MR) is 228 cm³/mol. The van der Waals surface area contributed by atoms with E-state index in [2.05, 4.69) is 10.2 Å². The summed E-state index contributed by atoms with van der Waals surface area (Å²) in [4.78, 5) is 33.3. The monoisotopic (exact) mass is 946 g/mol. The van der Waals surface area contributed by atoms with E-state index < -0.39 is 66.2 Å². The first-order valence-corrected chi connectivity index (χ1v) is 26.6. The predicted octanol–water partition coefficient (Wildman–Crippen LogP) is -3.53. The van der Waals surface area contributed by atoms with Gasteiger partial charge in [0, 0.05) is 91.7 Å². The number of ether oxygens (including phenoxy) is 9. The standard InChI is InChI=1S/C10H20BO7P.C7H16B2O4P.2C7H15BNO4P/c1-15-6-7-8(18-19(2,13)14)9(10(11)17-7)16-5-3-4-12;1-11-4-6-5(3-7(8)12-6)13-14(2,9)10;2*1-12-4-6-5(3-7(8)13-6)9-14(2,10)11/h7-10,12H,3-6H2,1-2H3,(H,13,14);5-7H,3-4H2,1-2,9H3;2*5-7H,3-4H2,1-2H3,(H2,9,10,11)/q;-1;;/p-3/t7-,8+,9?,10-;5-,6-,7-,14?;2*5-,6-,7-/m1111/s1. The Morgan fingerprint density at radius 2 is 1.05 bits per heavy atom. The fraction of sp³-hybridized carbons (Fsp3) is 1.00. The first-order valence-electron chi connectivity index (χ1n) is 18.9. The van der Waals surface area contributed by atoms with Gasteiger partial charge in [-0.05, 0) is 45.7 Å². The molecule has 17 atom stereocenters. The molecule has 4 saturated heterocycles. The van der Waals surface area contributed by atoms with Crippen molar-refractivity contribution in [3.63, 3.8) is 0 Å². The molecule has 0 aromatic heterocycles. The highest BCUT2D eigenvalue weighted by molar-refractivity contribution is 7.82. The van der Waals surface area contributed by atoms with E-state index in [4.69, 9.17) is 88.2 Å². The minimum absolute atomic E-state index is 0.0241. The molecule has 350 valence electrons. The number of aliphatic hydroxyl groups excluding tert-OH is 1. The molecule has 5 unspecified atom stereocenters. The van der Waals surface area contributed by atoms with Crippen LogP contribution < -0.4 is 24.9 Å². The summed E-state index contributed by atoms with van der Waals surface area (Å²) in [5.74, 6) is 0.